The largest absolute Gasteiger partial charge is 0.326 e. The molecule has 1 fully saturated rings. The topological polar surface area (TPSA) is 87.3 Å². The first kappa shape index (κ1) is 19.6. The Hall–Kier alpha value is -2.67. The first-order chi connectivity index (χ1) is 14.1. The third kappa shape index (κ3) is 5.03. The van der Waals surface area contributed by atoms with Crippen molar-refractivity contribution in [2.75, 3.05) is 5.32 Å². The van der Waals surface area contributed by atoms with Gasteiger partial charge in [0.1, 0.15) is 0 Å². The zero-order valence-corrected chi connectivity index (χ0v) is 17.1. The van der Waals surface area contributed by atoms with Crippen molar-refractivity contribution in [3.63, 3.8) is 0 Å². The first-order valence-corrected chi connectivity index (χ1v) is 11.0. The van der Waals surface area contributed by atoms with Gasteiger partial charge in [-0.2, -0.15) is 0 Å². The summed E-state index contributed by atoms with van der Waals surface area (Å²) in [5.41, 5.74) is 7.21. The maximum Gasteiger partial charge on any atom is 0.279 e. The molecule has 2 aromatic rings. The van der Waals surface area contributed by atoms with E-state index >= 15 is 0 Å². The van der Waals surface area contributed by atoms with Crippen molar-refractivity contribution in [2.24, 2.45) is 5.92 Å². The molecule has 152 valence electrons. The number of nitrogens with one attached hydrogen (secondary N) is 3. The fraction of sp³-hybridized carbons (Fsp3) is 0.409. The van der Waals surface area contributed by atoms with Gasteiger partial charge in [0.25, 0.3) is 11.8 Å². The molecule has 6 nitrogen and oxygen atoms in total. The SMILES string of the molecule is O=C(NNC(=O)c1cc2c(s1)CCCCCC2)c1cccc(NC(=O)C2CC2)c1. The van der Waals surface area contributed by atoms with Crippen LogP contribution >= 0.6 is 11.3 Å². The summed E-state index contributed by atoms with van der Waals surface area (Å²) in [7, 11) is 0. The molecular weight excluding hydrogens is 386 g/mol. The molecule has 7 heteroatoms. The van der Waals surface area contributed by atoms with Crippen LogP contribution in [0, 0.1) is 5.92 Å². The third-order valence-corrected chi connectivity index (χ3v) is 6.59. The number of hydrogen-bond donors (Lipinski definition) is 3. The van der Waals surface area contributed by atoms with E-state index in [0.717, 1.165) is 32.1 Å². The zero-order valence-electron chi connectivity index (χ0n) is 16.3. The lowest BCUT2D eigenvalue weighted by molar-refractivity contribution is -0.117. The van der Waals surface area contributed by atoms with E-state index in [1.54, 1.807) is 24.3 Å². The van der Waals surface area contributed by atoms with Gasteiger partial charge in [0.15, 0.2) is 0 Å². The number of carbonyl (C=O) groups is 3. The molecule has 3 amide bonds. The van der Waals surface area contributed by atoms with Gasteiger partial charge in [-0.15, -0.1) is 11.3 Å². The molecule has 3 N–H and O–H groups in total. The van der Waals surface area contributed by atoms with Gasteiger partial charge in [-0.3, -0.25) is 25.2 Å². The summed E-state index contributed by atoms with van der Waals surface area (Å²) in [5, 5.41) is 2.82. The third-order valence-electron chi connectivity index (χ3n) is 5.35. The predicted octanol–water partition coefficient (Wildman–Crippen LogP) is 3.83. The summed E-state index contributed by atoms with van der Waals surface area (Å²) in [5.74, 6) is -0.634. The number of anilines is 1. The van der Waals surface area contributed by atoms with Crippen LogP contribution in [0.15, 0.2) is 30.3 Å². The van der Waals surface area contributed by atoms with E-state index in [1.807, 2.05) is 6.07 Å². The second-order valence-corrected chi connectivity index (χ2v) is 8.86. The first-order valence-electron chi connectivity index (χ1n) is 10.2. The highest BCUT2D eigenvalue weighted by Crippen LogP contribution is 2.30. The standard InChI is InChI=1S/C22H25N3O3S/c26-20(14-10-11-14)23-17-8-5-7-16(12-17)21(27)24-25-22(28)19-13-15-6-3-1-2-4-9-18(15)29-19/h5,7-8,12-14H,1-4,6,9-11H2,(H,23,26)(H,24,27)(H,25,28). The molecule has 0 bridgehead atoms. The van der Waals surface area contributed by atoms with Crippen molar-refractivity contribution < 1.29 is 14.4 Å². The van der Waals surface area contributed by atoms with E-state index in [0.29, 0.717) is 16.1 Å². The Kier molecular flexibility index (Phi) is 5.94. The number of aryl methyl sites for hydroxylation is 2. The van der Waals surface area contributed by atoms with Crippen LogP contribution in [0.4, 0.5) is 5.69 Å². The highest BCUT2D eigenvalue weighted by atomic mass is 32.1. The number of hydrogen-bond acceptors (Lipinski definition) is 4. The molecule has 1 aromatic carbocycles. The van der Waals surface area contributed by atoms with Crippen LogP contribution in [0.1, 0.15) is 69.0 Å². The fourth-order valence-electron chi connectivity index (χ4n) is 3.53. The van der Waals surface area contributed by atoms with E-state index in [1.165, 1.54) is 41.0 Å². The number of benzene rings is 1. The second kappa shape index (κ2) is 8.78. The van der Waals surface area contributed by atoms with Crippen LogP contribution < -0.4 is 16.2 Å². The van der Waals surface area contributed by atoms with E-state index < -0.39 is 5.91 Å². The highest BCUT2D eigenvalue weighted by molar-refractivity contribution is 7.14. The smallest absolute Gasteiger partial charge is 0.279 e. The van der Waals surface area contributed by atoms with Crippen LogP contribution in [0.2, 0.25) is 0 Å². The van der Waals surface area contributed by atoms with E-state index in [2.05, 4.69) is 16.2 Å². The number of thiophene rings is 1. The maximum atomic E-state index is 12.5. The number of carbonyl (C=O) groups excluding carboxylic acids is 3. The lowest BCUT2D eigenvalue weighted by Crippen LogP contribution is -2.41. The van der Waals surface area contributed by atoms with Gasteiger partial charge in [0, 0.05) is 22.0 Å². The molecule has 0 radical (unpaired) electrons. The Balaban J connectivity index is 1.35. The van der Waals surface area contributed by atoms with E-state index in [9.17, 15) is 14.4 Å². The van der Waals surface area contributed by atoms with Gasteiger partial charge in [-0.25, -0.2) is 0 Å². The van der Waals surface area contributed by atoms with Crippen molar-refractivity contribution >= 4 is 34.7 Å². The van der Waals surface area contributed by atoms with Crippen molar-refractivity contribution in [2.45, 2.75) is 51.4 Å². The number of amides is 3. The molecule has 0 atom stereocenters. The maximum absolute atomic E-state index is 12.5. The normalized spacial score (nSPS) is 16.1. The molecule has 1 saturated carbocycles. The molecule has 29 heavy (non-hydrogen) atoms. The van der Waals surface area contributed by atoms with Crippen LogP contribution in [0.3, 0.4) is 0 Å². The van der Waals surface area contributed by atoms with Gasteiger partial charge in [-0.1, -0.05) is 18.9 Å². The van der Waals surface area contributed by atoms with Crippen molar-refractivity contribution in [1.82, 2.24) is 10.9 Å². The quantitative estimate of drug-likeness (QED) is 0.668. The summed E-state index contributed by atoms with van der Waals surface area (Å²) in [4.78, 5) is 38.7. The molecule has 4 rings (SSSR count). The average Bonchev–Trinajstić information content (AvgIpc) is 3.49. The van der Waals surface area contributed by atoms with Gasteiger partial charge >= 0.3 is 0 Å². The summed E-state index contributed by atoms with van der Waals surface area (Å²) in [6.45, 7) is 0. The Morgan fingerprint density at radius 1 is 0.897 bits per heavy atom. The summed E-state index contributed by atoms with van der Waals surface area (Å²) in [6.07, 6.45) is 8.70. The Morgan fingerprint density at radius 2 is 1.66 bits per heavy atom. The van der Waals surface area contributed by atoms with Crippen LogP contribution in [0.25, 0.3) is 0 Å². The van der Waals surface area contributed by atoms with Crippen molar-refractivity contribution in [3.05, 3.63) is 51.2 Å². The summed E-state index contributed by atoms with van der Waals surface area (Å²) in [6, 6.07) is 8.67. The van der Waals surface area contributed by atoms with Crippen LogP contribution in [-0.4, -0.2) is 17.7 Å². The molecule has 0 saturated heterocycles. The fourth-order valence-corrected chi connectivity index (χ4v) is 4.68. The lowest BCUT2D eigenvalue weighted by Gasteiger charge is -2.08. The van der Waals surface area contributed by atoms with Crippen molar-refractivity contribution in [3.8, 4) is 0 Å². The van der Waals surface area contributed by atoms with Crippen molar-refractivity contribution in [1.29, 1.82) is 0 Å². The Morgan fingerprint density at radius 3 is 2.45 bits per heavy atom. The Bertz CT molecular complexity index is 908. The van der Waals surface area contributed by atoms with Crippen LogP contribution in [0.5, 0.6) is 0 Å². The van der Waals surface area contributed by atoms with E-state index in [-0.39, 0.29) is 17.7 Å². The zero-order chi connectivity index (χ0) is 20.2. The molecule has 2 aliphatic rings. The molecule has 2 aliphatic carbocycles. The predicted molar refractivity (Wildman–Crippen MR) is 113 cm³/mol. The molecule has 1 heterocycles. The number of fused-ring (bicyclic) bond motifs is 1. The minimum absolute atomic E-state index is 0.0101. The van der Waals surface area contributed by atoms with Gasteiger partial charge in [-0.05, 0) is 68.4 Å². The van der Waals surface area contributed by atoms with Gasteiger partial charge in [0.2, 0.25) is 5.91 Å². The molecule has 1 aromatic heterocycles. The van der Waals surface area contributed by atoms with Gasteiger partial charge < -0.3 is 5.32 Å². The number of hydrazine groups is 1. The average molecular weight is 412 g/mol. The van der Waals surface area contributed by atoms with Gasteiger partial charge in [0.05, 0.1) is 4.88 Å². The van der Waals surface area contributed by atoms with Crippen LogP contribution in [-0.2, 0) is 17.6 Å². The highest BCUT2D eigenvalue weighted by Gasteiger charge is 2.29. The minimum atomic E-state index is -0.421. The molecule has 0 unspecified atom stereocenters. The Labute approximate surface area is 174 Å². The lowest BCUT2D eigenvalue weighted by atomic mass is 10.00. The molecular formula is C22H25N3O3S. The van der Waals surface area contributed by atoms with E-state index in [4.69, 9.17) is 0 Å². The monoisotopic (exact) mass is 411 g/mol. The molecule has 0 aliphatic heterocycles. The summed E-state index contributed by atoms with van der Waals surface area (Å²) >= 11 is 1.52. The minimum Gasteiger partial charge on any atom is -0.326 e. The number of rotatable bonds is 4. The molecule has 0 spiro atoms. The summed E-state index contributed by atoms with van der Waals surface area (Å²) < 4.78 is 0. The second-order valence-electron chi connectivity index (χ2n) is 7.73.